The first kappa shape index (κ1) is 31.1. The number of esters is 1. The predicted octanol–water partition coefficient (Wildman–Crippen LogP) is 2.20. The number of rotatable bonds is 14. The molecule has 4 aliphatic heterocycles. The van der Waals surface area contributed by atoms with Crippen LogP contribution in [0.1, 0.15) is 40.0 Å². The van der Waals surface area contributed by atoms with Gasteiger partial charge in [-0.15, -0.1) is 24.9 Å². The number of likely N-dealkylation sites (tertiary alicyclic amines) is 1. The Hall–Kier alpha value is -1.88. The molecule has 7 atom stereocenters. The molecule has 2 amide bonds. The van der Waals surface area contributed by atoms with Gasteiger partial charge in [0.05, 0.1) is 49.1 Å². The highest BCUT2D eigenvalue weighted by molar-refractivity contribution is 8.02. The molecule has 9 nitrogen and oxygen atoms in total. The molecular formula is C30H47N3O6S. The van der Waals surface area contributed by atoms with Crippen LogP contribution < -0.4 is 0 Å². The Balaban J connectivity index is 1.67. The van der Waals surface area contributed by atoms with E-state index >= 15 is 0 Å². The van der Waals surface area contributed by atoms with Crippen molar-refractivity contribution in [1.29, 1.82) is 0 Å². The SMILES string of the molecule is C=CCCCOC(=O)[C@@H]1[C@@H]2CC(C)C3(S2)C(C(=O)N(CC=C)CCN2CCOCC2)N([C@@H](CO)C(C)C)C(=O)[C@H]13. The fourth-order valence-electron chi connectivity index (χ4n) is 7.19. The van der Waals surface area contributed by atoms with E-state index in [1.807, 2.05) is 13.8 Å². The van der Waals surface area contributed by atoms with Gasteiger partial charge in [0.1, 0.15) is 6.04 Å². The first-order valence-electron chi connectivity index (χ1n) is 14.8. The van der Waals surface area contributed by atoms with Gasteiger partial charge in [0.15, 0.2) is 0 Å². The number of amides is 2. The molecule has 4 aliphatic rings. The lowest BCUT2D eigenvalue weighted by molar-refractivity contribution is -0.155. The van der Waals surface area contributed by atoms with Gasteiger partial charge in [-0.1, -0.05) is 32.9 Å². The number of aliphatic hydroxyl groups is 1. The number of fused-ring (bicyclic) bond motifs is 1. The van der Waals surface area contributed by atoms with E-state index in [1.54, 1.807) is 33.7 Å². The summed E-state index contributed by atoms with van der Waals surface area (Å²) in [5, 5.41) is 10.4. The molecule has 1 spiro atoms. The van der Waals surface area contributed by atoms with E-state index < -0.39 is 28.7 Å². The van der Waals surface area contributed by atoms with E-state index in [0.29, 0.717) is 39.3 Å². The second-order valence-electron chi connectivity index (χ2n) is 11.9. The summed E-state index contributed by atoms with van der Waals surface area (Å²) < 4.78 is 10.4. The Kier molecular flexibility index (Phi) is 10.4. The van der Waals surface area contributed by atoms with Crippen LogP contribution in [0, 0.1) is 23.7 Å². The maximum atomic E-state index is 14.6. The van der Waals surface area contributed by atoms with Crippen LogP contribution in [0.3, 0.4) is 0 Å². The lowest BCUT2D eigenvalue weighted by atomic mass is 9.66. The average Bonchev–Trinajstić information content (AvgIpc) is 3.53. The number of carbonyl (C=O) groups excluding carboxylic acids is 3. The number of unbranched alkanes of at least 4 members (excludes halogenated alkanes) is 1. The minimum Gasteiger partial charge on any atom is -0.465 e. The van der Waals surface area contributed by atoms with Gasteiger partial charge in [-0.05, 0) is 31.1 Å². The molecule has 0 aromatic carbocycles. The zero-order chi connectivity index (χ0) is 29.0. The zero-order valence-corrected chi connectivity index (χ0v) is 25.2. The number of carbonyl (C=O) groups is 3. The number of hydrogen-bond acceptors (Lipinski definition) is 8. The molecular weight excluding hydrogens is 530 g/mol. The van der Waals surface area contributed by atoms with Crippen molar-refractivity contribution in [2.45, 2.75) is 62.1 Å². The number of thioether (sulfide) groups is 1. The van der Waals surface area contributed by atoms with Crippen molar-refractivity contribution in [2.75, 3.05) is 59.2 Å². The summed E-state index contributed by atoms with van der Waals surface area (Å²) in [4.78, 5) is 48.2. The van der Waals surface area contributed by atoms with Gasteiger partial charge in [-0.25, -0.2) is 0 Å². The quantitative estimate of drug-likeness (QED) is 0.191. The van der Waals surface area contributed by atoms with Gasteiger partial charge in [0.2, 0.25) is 11.8 Å². The molecule has 4 fully saturated rings. The highest BCUT2D eigenvalue weighted by atomic mass is 32.2. The summed E-state index contributed by atoms with van der Waals surface area (Å²) in [7, 11) is 0. The molecule has 0 aliphatic carbocycles. The molecule has 3 unspecified atom stereocenters. The van der Waals surface area contributed by atoms with Crippen molar-refractivity contribution in [3.05, 3.63) is 25.3 Å². The fraction of sp³-hybridized carbons (Fsp3) is 0.767. The minimum atomic E-state index is -0.766. The smallest absolute Gasteiger partial charge is 0.310 e. The van der Waals surface area contributed by atoms with Gasteiger partial charge < -0.3 is 24.4 Å². The molecule has 0 radical (unpaired) electrons. The van der Waals surface area contributed by atoms with Crippen LogP contribution in [-0.4, -0.2) is 119 Å². The Labute approximate surface area is 243 Å². The summed E-state index contributed by atoms with van der Waals surface area (Å²) in [5.74, 6) is -1.92. The van der Waals surface area contributed by atoms with E-state index in [1.165, 1.54) is 0 Å². The highest BCUT2D eigenvalue weighted by Gasteiger charge is 2.77. The van der Waals surface area contributed by atoms with Crippen LogP contribution >= 0.6 is 11.8 Å². The van der Waals surface area contributed by atoms with Gasteiger partial charge >= 0.3 is 5.97 Å². The van der Waals surface area contributed by atoms with Crippen LogP contribution in [0.15, 0.2) is 25.3 Å². The molecule has 4 saturated heterocycles. The maximum Gasteiger partial charge on any atom is 0.310 e. The summed E-state index contributed by atoms with van der Waals surface area (Å²) in [6.45, 7) is 18.3. The number of hydrogen-bond donors (Lipinski definition) is 1. The van der Waals surface area contributed by atoms with Crippen LogP contribution in [-0.2, 0) is 23.9 Å². The van der Waals surface area contributed by atoms with E-state index in [-0.39, 0.29) is 48.1 Å². The van der Waals surface area contributed by atoms with Crippen molar-refractivity contribution in [3.63, 3.8) is 0 Å². The van der Waals surface area contributed by atoms with E-state index in [0.717, 1.165) is 25.9 Å². The summed E-state index contributed by atoms with van der Waals surface area (Å²) in [5.41, 5.74) is 0. The van der Waals surface area contributed by atoms with Gasteiger partial charge in [0, 0.05) is 38.0 Å². The van der Waals surface area contributed by atoms with E-state index in [9.17, 15) is 19.5 Å². The molecule has 2 bridgehead atoms. The normalized spacial score (nSPS) is 32.3. The fourth-order valence-corrected chi connectivity index (χ4v) is 9.58. The Morgan fingerprint density at radius 2 is 2.00 bits per heavy atom. The zero-order valence-electron chi connectivity index (χ0n) is 24.3. The number of ether oxygens (including phenoxy) is 2. The van der Waals surface area contributed by atoms with Crippen molar-refractivity contribution in [3.8, 4) is 0 Å². The standard InChI is InChI=1S/C30H47N3O6S/c1-6-8-9-15-39-29(37)24-23-18-21(5)30(40-23)25(24)27(35)33(22(19-34)20(3)4)26(30)28(36)32(10-7-2)12-11-31-13-16-38-17-14-31/h6-7,20-26,34H,1-2,8-19H2,3-5H3/t21?,22-,23-,24+,25-,26?,30?/m0/s1. The second kappa shape index (κ2) is 13.4. The van der Waals surface area contributed by atoms with Crippen LogP contribution in [0.25, 0.3) is 0 Å². The second-order valence-corrected chi connectivity index (χ2v) is 13.5. The molecule has 0 aromatic heterocycles. The first-order valence-corrected chi connectivity index (χ1v) is 15.7. The number of aliphatic hydroxyl groups excluding tert-OH is 1. The van der Waals surface area contributed by atoms with Crippen molar-refractivity contribution >= 4 is 29.5 Å². The van der Waals surface area contributed by atoms with Crippen LogP contribution in [0.5, 0.6) is 0 Å². The molecule has 4 rings (SSSR count). The van der Waals surface area contributed by atoms with Gasteiger partial charge in [-0.2, -0.15) is 0 Å². The lowest BCUT2D eigenvalue weighted by Gasteiger charge is -2.43. The number of allylic oxidation sites excluding steroid dienone is 1. The maximum absolute atomic E-state index is 14.6. The Morgan fingerprint density at radius 1 is 1.27 bits per heavy atom. The number of morpholine rings is 1. The number of nitrogens with zero attached hydrogens (tertiary/aromatic N) is 3. The predicted molar refractivity (Wildman–Crippen MR) is 156 cm³/mol. The van der Waals surface area contributed by atoms with Crippen molar-refractivity contribution < 1.29 is 29.0 Å². The lowest BCUT2D eigenvalue weighted by Crippen LogP contribution is -2.60. The Morgan fingerprint density at radius 3 is 2.62 bits per heavy atom. The summed E-state index contributed by atoms with van der Waals surface area (Å²) in [6, 6.07) is -1.29. The van der Waals surface area contributed by atoms with Gasteiger partial charge in [0.25, 0.3) is 0 Å². The highest BCUT2D eigenvalue weighted by Crippen LogP contribution is 2.69. The molecule has 40 heavy (non-hydrogen) atoms. The third-order valence-corrected chi connectivity index (χ3v) is 11.3. The van der Waals surface area contributed by atoms with Crippen LogP contribution in [0.2, 0.25) is 0 Å². The monoisotopic (exact) mass is 577 g/mol. The third kappa shape index (κ3) is 5.61. The Bertz CT molecular complexity index is 956. The molecule has 0 saturated carbocycles. The van der Waals surface area contributed by atoms with Crippen molar-refractivity contribution in [2.24, 2.45) is 23.7 Å². The van der Waals surface area contributed by atoms with Crippen molar-refractivity contribution in [1.82, 2.24) is 14.7 Å². The molecule has 10 heteroatoms. The third-order valence-electron chi connectivity index (χ3n) is 9.25. The molecule has 1 N–H and O–H groups in total. The molecule has 4 heterocycles. The van der Waals surface area contributed by atoms with E-state index in [2.05, 4.69) is 25.0 Å². The largest absolute Gasteiger partial charge is 0.465 e. The topological polar surface area (TPSA) is 99.6 Å². The van der Waals surface area contributed by atoms with E-state index in [4.69, 9.17) is 9.47 Å². The summed E-state index contributed by atoms with van der Waals surface area (Å²) in [6.07, 6.45) is 5.71. The molecule has 0 aromatic rings. The summed E-state index contributed by atoms with van der Waals surface area (Å²) >= 11 is 1.64. The molecule has 224 valence electrons. The first-order chi connectivity index (χ1) is 19.2. The van der Waals surface area contributed by atoms with Gasteiger partial charge in [-0.3, -0.25) is 19.3 Å². The average molecular weight is 578 g/mol. The van der Waals surface area contributed by atoms with Crippen LogP contribution in [0.4, 0.5) is 0 Å². The minimum absolute atomic E-state index is 0.0524.